The maximum Gasteiger partial charge on any atom is 0.273 e. The van der Waals surface area contributed by atoms with E-state index in [4.69, 9.17) is 14.0 Å². The van der Waals surface area contributed by atoms with Gasteiger partial charge < -0.3 is 23.9 Å². The van der Waals surface area contributed by atoms with Crippen LogP contribution in [0.1, 0.15) is 16.9 Å². The van der Waals surface area contributed by atoms with Crippen molar-refractivity contribution < 1.29 is 18.8 Å². The molecule has 1 amide bonds. The molecule has 8 nitrogen and oxygen atoms in total. The first-order valence-electron chi connectivity index (χ1n) is 7.90. The highest BCUT2D eigenvalue weighted by atomic mass is 16.7. The summed E-state index contributed by atoms with van der Waals surface area (Å²) < 4.78 is 17.9. The number of nitrogens with one attached hydrogen (secondary N) is 1. The number of ether oxygens (including phenoxy) is 2. The Morgan fingerprint density at radius 1 is 1.24 bits per heavy atom. The van der Waals surface area contributed by atoms with Crippen molar-refractivity contribution in [2.24, 2.45) is 0 Å². The van der Waals surface area contributed by atoms with E-state index in [1.54, 1.807) is 30.7 Å². The molecule has 0 radical (unpaired) electrons. The molecule has 4 rings (SSSR count). The molecular weight excluding hydrogens is 324 g/mol. The Morgan fingerprint density at radius 3 is 3.04 bits per heavy atom. The minimum Gasteiger partial charge on any atom is -0.454 e. The topological polar surface area (TPSA) is 91.4 Å². The van der Waals surface area contributed by atoms with Gasteiger partial charge in [-0.2, -0.15) is 0 Å². The number of nitrogens with zero attached hydrogens (tertiary/aromatic N) is 3. The zero-order valence-electron chi connectivity index (χ0n) is 13.3. The van der Waals surface area contributed by atoms with Crippen LogP contribution < -0.4 is 14.8 Å². The number of carbonyl (C=O) groups excluding carboxylic acids is 1. The van der Waals surface area contributed by atoms with Crippen LogP contribution in [0.15, 0.2) is 47.5 Å². The quantitative estimate of drug-likeness (QED) is 0.691. The van der Waals surface area contributed by atoms with Gasteiger partial charge in [0.2, 0.25) is 6.79 Å². The average Bonchev–Trinajstić information content (AvgIpc) is 3.39. The molecule has 0 atom stereocenters. The SMILES string of the molecule is O=C(NCCCn1ccnc1)c1cc(-c2ccc3c(c2)OCO3)on1. The number of carbonyl (C=O) groups is 1. The van der Waals surface area contributed by atoms with E-state index in [2.05, 4.69) is 15.5 Å². The van der Waals surface area contributed by atoms with E-state index in [-0.39, 0.29) is 18.4 Å². The van der Waals surface area contributed by atoms with Gasteiger partial charge in [0.1, 0.15) is 0 Å². The lowest BCUT2D eigenvalue weighted by Crippen LogP contribution is -2.25. The van der Waals surface area contributed by atoms with Gasteiger partial charge in [-0.1, -0.05) is 5.16 Å². The molecule has 0 unspecified atom stereocenters. The molecule has 0 spiro atoms. The molecule has 0 bridgehead atoms. The molecule has 8 heteroatoms. The molecular formula is C17H16N4O4. The summed E-state index contributed by atoms with van der Waals surface area (Å²) >= 11 is 0. The van der Waals surface area contributed by atoms with Crippen molar-refractivity contribution in [2.75, 3.05) is 13.3 Å². The number of aromatic nitrogens is 3. The third-order valence-corrected chi connectivity index (χ3v) is 3.84. The van der Waals surface area contributed by atoms with Gasteiger partial charge in [-0.05, 0) is 24.6 Å². The molecule has 25 heavy (non-hydrogen) atoms. The van der Waals surface area contributed by atoms with E-state index in [0.717, 1.165) is 18.5 Å². The first-order chi connectivity index (χ1) is 12.3. The Bertz CT molecular complexity index is 873. The van der Waals surface area contributed by atoms with E-state index in [9.17, 15) is 4.79 Å². The number of hydrogen-bond donors (Lipinski definition) is 1. The van der Waals surface area contributed by atoms with E-state index in [0.29, 0.717) is 23.8 Å². The van der Waals surface area contributed by atoms with E-state index < -0.39 is 0 Å². The molecule has 3 aromatic rings. The summed E-state index contributed by atoms with van der Waals surface area (Å²) in [7, 11) is 0. The Balaban J connectivity index is 1.35. The molecule has 0 aliphatic carbocycles. The fourth-order valence-electron chi connectivity index (χ4n) is 2.54. The first-order valence-corrected chi connectivity index (χ1v) is 7.90. The molecule has 1 aliphatic rings. The van der Waals surface area contributed by atoms with Gasteiger partial charge in [-0.25, -0.2) is 4.98 Å². The van der Waals surface area contributed by atoms with Crippen LogP contribution in [0, 0.1) is 0 Å². The Kier molecular flexibility index (Phi) is 4.07. The Labute approximate surface area is 143 Å². The van der Waals surface area contributed by atoms with Crippen molar-refractivity contribution in [2.45, 2.75) is 13.0 Å². The second-order valence-corrected chi connectivity index (χ2v) is 5.55. The minimum absolute atomic E-state index is 0.210. The number of fused-ring (bicyclic) bond motifs is 1. The van der Waals surface area contributed by atoms with Gasteiger partial charge in [0.25, 0.3) is 5.91 Å². The van der Waals surface area contributed by atoms with Gasteiger partial charge in [0, 0.05) is 37.1 Å². The molecule has 128 valence electrons. The molecule has 1 aromatic carbocycles. The minimum atomic E-state index is -0.263. The van der Waals surface area contributed by atoms with Crippen molar-refractivity contribution in [3.63, 3.8) is 0 Å². The highest BCUT2D eigenvalue weighted by Crippen LogP contribution is 2.35. The van der Waals surface area contributed by atoms with Gasteiger partial charge in [0.05, 0.1) is 6.33 Å². The smallest absolute Gasteiger partial charge is 0.273 e. The molecule has 2 aromatic heterocycles. The summed E-state index contributed by atoms with van der Waals surface area (Å²) in [6, 6.07) is 7.05. The Hall–Kier alpha value is -3.29. The van der Waals surface area contributed by atoms with Crippen LogP contribution in [0.25, 0.3) is 11.3 Å². The summed E-state index contributed by atoms with van der Waals surface area (Å²) in [6.45, 7) is 1.55. The highest BCUT2D eigenvalue weighted by Gasteiger charge is 2.17. The van der Waals surface area contributed by atoms with Crippen LogP contribution in [0.5, 0.6) is 11.5 Å². The summed E-state index contributed by atoms with van der Waals surface area (Å²) in [5.74, 6) is 1.58. The molecule has 0 saturated carbocycles. The third-order valence-electron chi connectivity index (χ3n) is 3.84. The summed E-state index contributed by atoms with van der Waals surface area (Å²) in [4.78, 5) is 16.1. The Morgan fingerprint density at radius 2 is 2.16 bits per heavy atom. The van der Waals surface area contributed by atoms with Crippen LogP contribution in [0.4, 0.5) is 0 Å². The number of hydrogen-bond acceptors (Lipinski definition) is 6. The second-order valence-electron chi connectivity index (χ2n) is 5.55. The van der Waals surface area contributed by atoms with Gasteiger partial charge in [-0.3, -0.25) is 4.79 Å². The maximum absolute atomic E-state index is 12.1. The summed E-state index contributed by atoms with van der Waals surface area (Å²) in [6.07, 6.45) is 6.16. The van der Waals surface area contributed by atoms with Gasteiger partial charge >= 0.3 is 0 Å². The largest absolute Gasteiger partial charge is 0.454 e. The number of amides is 1. The zero-order chi connectivity index (χ0) is 17.1. The van der Waals surface area contributed by atoms with E-state index in [1.807, 2.05) is 16.8 Å². The van der Waals surface area contributed by atoms with E-state index >= 15 is 0 Å². The first kappa shape index (κ1) is 15.3. The fraction of sp³-hybridized carbons (Fsp3) is 0.235. The predicted octanol–water partition coefficient (Wildman–Crippen LogP) is 2.09. The highest BCUT2D eigenvalue weighted by molar-refractivity contribution is 5.93. The van der Waals surface area contributed by atoms with Crippen LogP contribution >= 0.6 is 0 Å². The molecule has 0 fully saturated rings. The van der Waals surface area contributed by atoms with Crippen molar-refractivity contribution in [3.8, 4) is 22.8 Å². The fourth-order valence-corrected chi connectivity index (χ4v) is 2.54. The summed E-state index contributed by atoms with van der Waals surface area (Å²) in [5.41, 5.74) is 1.02. The lowest BCUT2D eigenvalue weighted by molar-refractivity contribution is 0.0943. The number of benzene rings is 1. The zero-order valence-corrected chi connectivity index (χ0v) is 13.3. The summed E-state index contributed by atoms with van der Waals surface area (Å²) in [5, 5.41) is 6.67. The van der Waals surface area contributed by atoms with Crippen molar-refractivity contribution in [1.82, 2.24) is 20.0 Å². The molecule has 1 aliphatic heterocycles. The van der Waals surface area contributed by atoms with E-state index in [1.165, 1.54) is 0 Å². The molecule has 1 N–H and O–H groups in total. The van der Waals surface area contributed by atoms with Crippen LogP contribution in [-0.4, -0.2) is 34.0 Å². The van der Waals surface area contributed by atoms with Crippen molar-refractivity contribution >= 4 is 5.91 Å². The van der Waals surface area contributed by atoms with Crippen molar-refractivity contribution in [1.29, 1.82) is 0 Å². The van der Waals surface area contributed by atoms with Crippen molar-refractivity contribution in [3.05, 3.63) is 48.7 Å². The second kappa shape index (κ2) is 6.68. The third kappa shape index (κ3) is 3.32. The predicted molar refractivity (Wildman–Crippen MR) is 87.2 cm³/mol. The number of aryl methyl sites for hydroxylation is 1. The molecule has 0 saturated heterocycles. The average molecular weight is 340 g/mol. The number of imidazole rings is 1. The van der Waals surface area contributed by atoms with Gasteiger partial charge in [0.15, 0.2) is 23.0 Å². The van der Waals surface area contributed by atoms with Gasteiger partial charge in [-0.15, -0.1) is 0 Å². The number of rotatable bonds is 6. The lowest BCUT2D eigenvalue weighted by Gasteiger charge is -2.03. The van der Waals surface area contributed by atoms with Crippen LogP contribution in [-0.2, 0) is 6.54 Å². The molecule has 3 heterocycles. The normalized spacial score (nSPS) is 12.3. The maximum atomic E-state index is 12.1. The standard InChI is InChI=1S/C17H16N4O4/c22-17(19-4-1-6-21-7-5-18-10-21)13-9-15(25-20-13)12-2-3-14-16(8-12)24-11-23-14/h2-3,5,7-10H,1,4,6,11H2,(H,19,22). The lowest BCUT2D eigenvalue weighted by atomic mass is 10.1. The van der Waals surface area contributed by atoms with Crippen LogP contribution in [0.2, 0.25) is 0 Å². The van der Waals surface area contributed by atoms with Crippen LogP contribution in [0.3, 0.4) is 0 Å². The monoisotopic (exact) mass is 340 g/mol.